The summed E-state index contributed by atoms with van der Waals surface area (Å²) in [5.41, 5.74) is 1.23. The molecular formula is C16H18N4S2. The van der Waals surface area contributed by atoms with Crippen molar-refractivity contribution in [3.8, 4) is 10.4 Å². The molecule has 3 aromatic rings. The van der Waals surface area contributed by atoms with Crippen molar-refractivity contribution >= 4 is 23.1 Å². The first kappa shape index (κ1) is 15.2. The van der Waals surface area contributed by atoms with E-state index in [1.807, 2.05) is 30.9 Å². The van der Waals surface area contributed by atoms with Crippen LogP contribution in [0.3, 0.4) is 0 Å². The number of aromatic nitrogens is 4. The predicted octanol–water partition coefficient (Wildman–Crippen LogP) is 4.16. The number of nitrogens with zero attached hydrogens (tertiary/aromatic N) is 4. The van der Waals surface area contributed by atoms with Gasteiger partial charge in [-0.2, -0.15) is 0 Å². The summed E-state index contributed by atoms with van der Waals surface area (Å²) in [6.45, 7) is 5.04. The third-order valence-corrected chi connectivity index (χ3v) is 5.57. The average molecular weight is 330 g/mol. The number of hydrogen-bond acceptors (Lipinski definition) is 5. The van der Waals surface area contributed by atoms with Crippen LogP contribution in [0.25, 0.3) is 10.4 Å². The molecule has 2 heterocycles. The van der Waals surface area contributed by atoms with Gasteiger partial charge in [0.1, 0.15) is 16.7 Å². The predicted molar refractivity (Wildman–Crippen MR) is 93.0 cm³/mol. The van der Waals surface area contributed by atoms with Crippen LogP contribution in [-0.2, 0) is 18.1 Å². The fourth-order valence-electron chi connectivity index (χ4n) is 2.29. The number of hydrogen-bond donors (Lipinski definition) is 0. The van der Waals surface area contributed by atoms with Gasteiger partial charge in [0.15, 0.2) is 0 Å². The van der Waals surface area contributed by atoms with Gasteiger partial charge in [-0.1, -0.05) is 30.3 Å². The maximum absolute atomic E-state index is 4.53. The molecule has 2 aromatic heterocycles. The molecule has 0 aliphatic carbocycles. The molecule has 0 aliphatic rings. The minimum atomic E-state index is 0.870. The summed E-state index contributed by atoms with van der Waals surface area (Å²) in [4.78, 5) is 5.75. The van der Waals surface area contributed by atoms with Crippen molar-refractivity contribution < 1.29 is 0 Å². The quantitative estimate of drug-likeness (QED) is 0.680. The van der Waals surface area contributed by atoms with E-state index in [0.717, 1.165) is 34.7 Å². The fourth-order valence-corrected chi connectivity index (χ4v) is 4.24. The highest BCUT2D eigenvalue weighted by molar-refractivity contribution is 7.97. The lowest BCUT2D eigenvalue weighted by Gasteiger charge is -2.04. The van der Waals surface area contributed by atoms with Gasteiger partial charge in [-0.05, 0) is 19.4 Å². The lowest BCUT2D eigenvalue weighted by atomic mass is 10.2. The Balaban J connectivity index is 1.59. The summed E-state index contributed by atoms with van der Waals surface area (Å²) in [5, 5.41) is 9.54. The van der Waals surface area contributed by atoms with Crippen molar-refractivity contribution in [2.75, 3.05) is 0 Å². The highest BCUT2D eigenvalue weighted by Crippen LogP contribution is 2.28. The lowest BCUT2D eigenvalue weighted by Crippen LogP contribution is -2.02. The SMILES string of the molecule is CCn1c(C)nnc1CSCc1ncc(-c2ccccc2)s1. The van der Waals surface area contributed by atoms with E-state index in [2.05, 4.69) is 50.9 Å². The van der Waals surface area contributed by atoms with Crippen molar-refractivity contribution in [3.63, 3.8) is 0 Å². The van der Waals surface area contributed by atoms with Crippen LogP contribution in [0, 0.1) is 6.92 Å². The summed E-state index contributed by atoms with van der Waals surface area (Å²) in [6, 6.07) is 10.4. The highest BCUT2D eigenvalue weighted by Gasteiger charge is 2.08. The smallest absolute Gasteiger partial charge is 0.143 e. The van der Waals surface area contributed by atoms with Gasteiger partial charge in [0.2, 0.25) is 0 Å². The van der Waals surface area contributed by atoms with Crippen molar-refractivity contribution in [1.29, 1.82) is 0 Å². The average Bonchev–Trinajstić information content (AvgIpc) is 3.15. The number of rotatable bonds is 6. The van der Waals surface area contributed by atoms with E-state index in [0.29, 0.717) is 0 Å². The Kier molecular flexibility index (Phi) is 4.90. The molecule has 0 saturated carbocycles. The van der Waals surface area contributed by atoms with Crippen LogP contribution in [0.2, 0.25) is 0 Å². The molecule has 0 aliphatic heterocycles. The van der Waals surface area contributed by atoms with Gasteiger partial charge < -0.3 is 4.57 Å². The van der Waals surface area contributed by atoms with Crippen LogP contribution in [0.4, 0.5) is 0 Å². The molecule has 0 bridgehead atoms. The van der Waals surface area contributed by atoms with E-state index in [4.69, 9.17) is 0 Å². The molecule has 114 valence electrons. The minimum absolute atomic E-state index is 0.870. The largest absolute Gasteiger partial charge is 0.315 e. The van der Waals surface area contributed by atoms with E-state index in [9.17, 15) is 0 Å². The Morgan fingerprint density at radius 3 is 2.73 bits per heavy atom. The van der Waals surface area contributed by atoms with Crippen LogP contribution >= 0.6 is 23.1 Å². The van der Waals surface area contributed by atoms with Crippen LogP contribution in [-0.4, -0.2) is 19.7 Å². The molecule has 0 spiro atoms. The minimum Gasteiger partial charge on any atom is -0.315 e. The summed E-state index contributed by atoms with van der Waals surface area (Å²) in [7, 11) is 0. The monoisotopic (exact) mass is 330 g/mol. The molecule has 4 nitrogen and oxygen atoms in total. The summed E-state index contributed by atoms with van der Waals surface area (Å²) >= 11 is 3.60. The van der Waals surface area contributed by atoms with Gasteiger partial charge in [0.25, 0.3) is 0 Å². The van der Waals surface area contributed by atoms with E-state index in [1.165, 1.54) is 10.4 Å². The van der Waals surface area contributed by atoms with Crippen molar-refractivity contribution in [2.45, 2.75) is 31.9 Å². The molecule has 0 atom stereocenters. The third-order valence-electron chi connectivity index (χ3n) is 3.40. The molecule has 0 fully saturated rings. The second-order valence-corrected chi connectivity index (χ2v) is 6.99. The number of thiazole rings is 1. The highest BCUT2D eigenvalue weighted by atomic mass is 32.2. The first-order valence-electron chi connectivity index (χ1n) is 7.24. The maximum Gasteiger partial charge on any atom is 0.143 e. The van der Waals surface area contributed by atoms with Gasteiger partial charge >= 0.3 is 0 Å². The van der Waals surface area contributed by atoms with Gasteiger partial charge in [0, 0.05) is 18.5 Å². The Morgan fingerprint density at radius 2 is 1.95 bits per heavy atom. The molecule has 3 rings (SSSR count). The lowest BCUT2D eigenvalue weighted by molar-refractivity contribution is 0.701. The Labute approximate surface area is 138 Å². The van der Waals surface area contributed by atoms with Gasteiger partial charge in [-0.25, -0.2) is 4.98 Å². The van der Waals surface area contributed by atoms with Gasteiger partial charge in [-0.3, -0.25) is 0 Å². The van der Waals surface area contributed by atoms with E-state index >= 15 is 0 Å². The molecule has 6 heteroatoms. The Bertz CT molecular complexity index is 734. The summed E-state index contributed by atoms with van der Waals surface area (Å²) in [6.07, 6.45) is 1.97. The molecule has 0 radical (unpaired) electrons. The van der Waals surface area contributed by atoms with Crippen LogP contribution in [0.1, 0.15) is 23.6 Å². The first-order chi connectivity index (χ1) is 10.8. The van der Waals surface area contributed by atoms with Gasteiger partial charge in [0.05, 0.1) is 10.6 Å². The van der Waals surface area contributed by atoms with E-state index in [1.54, 1.807) is 11.3 Å². The van der Waals surface area contributed by atoms with Crippen LogP contribution in [0.15, 0.2) is 36.5 Å². The molecule has 0 amide bonds. The zero-order chi connectivity index (χ0) is 15.4. The second-order valence-electron chi connectivity index (χ2n) is 4.88. The number of aryl methyl sites for hydroxylation is 1. The zero-order valence-electron chi connectivity index (χ0n) is 12.7. The second kappa shape index (κ2) is 7.07. The molecular weight excluding hydrogens is 312 g/mol. The van der Waals surface area contributed by atoms with E-state index < -0.39 is 0 Å². The van der Waals surface area contributed by atoms with Crippen molar-refractivity contribution in [2.24, 2.45) is 0 Å². The molecule has 22 heavy (non-hydrogen) atoms. The van der Waals surface area contributed by atoms with Crippen molar-refractivity contribution in [1.82, 2.24) is 19.7 Å². The topological polar surface area (TPSA) is 43.6 Å². The standard InChI is InChI=1S/C16H18N4S2/c1-3-20-12(2)18-19-15(20)10-21-11-16-17-9-14(22-16)13-7-5-4-6-8-13/h4-9H,3,10-11H2,1-2H3. The van der Waals surface area contributed by atoms with Crippen LogP contribution in [0.5, 0.6) is 0 Å². The molecule has 1 aromatic carbocycles. The number of thioether (sulfide) groups is 1. The maximum atomic E-state index is 4.53. The Morgan fingerprint density at radius 1 is 1.14 bits per heavy atom. The van der Waals surface area contributed by atoms with Crippen molar-refractivity contribution in [3.05, 3.63) is 53.2 Å². The normalized spacial score (nSPS) is 11.0. The van der Waals surface area contributed by atoms with Gasteiger partial charge in [-0.15, -0.1) is 33.3 Å². The summed E-state index contributed by atoms with van der Waals surface area (Å²) in [5.74, 6) is 3.81. The molecule has 0 unspecified atom stereocenters. The summed E-state index contributed by atoms with van der Waals surface area (Å²) < 4.78 is 2.16. The van der Waals surface area contributed by atoms with E-state index in [-0.39, 0.29) is 0 Å². The zero-order valence-corrected chi connectivity index (χ0v) is 14.3. The Hall–Kier alpha value is -1.66. The van der Waals surface area contributed by atoms with Crippen LogP contribution < -0.4 is 0 Å². The third kappa shape index (κ3) is 3.39. The number of benzene rings is 1. The first-order valence-corrected chi connectivity index (χ1v) is 9.21. The molecule has 0 N–H and O–H groups in total. The molecule has 0 saturated heterocycles. The fraction of sp³-hybridized carbons (Fsp3) is 0.312.